The second-order valence-corrected chi connectivity index (χ2v) is 7.53. The predicted molar refractivity (Wildman–Crippen MR) is 111 cm³/mol. The van der Waals surface area contributed by atoms with Gasteiger partial charge in [0.25, 0.3) is 5.91 Å². The monoisotopic (exact) mass is 441 g/mol. The third-order valence-corrected chi connectivity index (χ3v) is 5.60. The fourth-order valence-electron chi connectivity index (χ4n) is 3.99. The molecule has 1 amide bonds. The minimum absolute atomic E-state index is 0.203. The van der Waals surface area contributed by atoms with Crippen LogP contribution in [0.4, 0.5) is 19.0 Å². The van der Waals surface area contributed by atoms with Crippen LogP contribution in [0.15, 0.2) is 54.9 Å². The summed E-state index contributed by atoms with van der Waals surface area (Å²) in [5, 5.41) is 0. The maximum absolute atomic E-state index is 13.4. The Labute approximate surface area is 180 Å². The number of anilines is 1. The van der Waals surface area contributed by atoms with Crippen LogP contribution in [0.25, 0.3) is 16.7 Å². The van der Waals surface area contributed by atoms with E-state index in [2.05, 4.69) is 9.97 Å². The van der Waals surface area contributed by atoms with Crippen LogP contribution in [0.5, 0.6) is 0 Å². The quantitative estimate of drug-likeness (QED) is 0.513. The van der Waals surface area contributed by atoms with Crippen LogP contribution < -0.4 is 5.73 Å². The molecule has 1 saturated heterocycles. The number of benzene rings is 2. The van der Waals surface area contributed by atoms with Gasteiger partial charge in [-0.05, 0) is 35.9 Å². The summed E-state index contributed by atoms with van der Waals surface area (Å²) >= 11 is 0. The van der Waals surface area contributed by atoms with Crippen molar-refractivity contribution in [1.29, 1.82) is 0 Å². The minimum atomic E-state index is -4.42. The van der Waals surface area contributed by atoms with Crippen molar-refractivity contribution in [1.82, 2.24) is 19.3 Å². The van der Waals surface area contributed by atoms with E-state index in [4.69, 9.17) is 10.5 Å². The second kappa shape index (κ2) is 7.49. The Morgan fingerprint density at radius 2 is 1.94 bits per heavy atom. The Morgan fingerprint density at radius 1 is 1.16 bits per heavy atom. The van der Waals surface area contributed by atoms with Crippen LogP contribution in [0.3, 0.4) is 0 Å². The van der Waals surface area contributed by atoms with E-state index in [1.54, 1.807) is 39.9 Å². The molecule has 3 heterocycles. The van der Waals surface area contributed by atoms with Crippen molar-refractivity contribution in [3.05, 3.63) is 71.5 Å². The van der Waals surface area contributed by atoms with Crippen molar-refractivity contribution in [3.63, 3.8) is 0 Å². The number of hydrogen-bond acceptors (Lipinski definition) is 5. The predicted octanol–water partition coefficient (Wildman–Crippen LogP) is 3.70. The zero-order valence-electron chi connectivity index (χ0n) is 16.7. The van der Waals surface area contributed by atoms with Gasteiger partial charge in [0, 0.05) is 24.5 Å². The Kier molecular flexibility index (Phi) is 4.74. The Morgan fingerprint density at radius 3 is 2.69 bits per heavy atom. The summed E-state index contributed by atoms with van der Waals surface area (Å²) in [7, 11) is 0. The highest BCUT2D eigenvalue weighted by atomic mass is 19.4. The minimum Gasteiger partial charge on any atom is -0.381 e. The maximum atomic E-state index is 13.4. The molecule has 0 bridgehead atoms. The van der Waals surface area contributed by atoms with E-state index < -0.39 is 17.8 Å². The zero-order chi connectivity index (χ0) is 22.5. The van der Waals surface area contributed by atoms with Gasteiger partial charge in [0.1, 0.15) is 0 Å². The maximum Gasteiger partial charge on any atom is 0.416 e. The average molecular weight is 441 g/mol. The van der Waals surface area contributed by atoms with E-state index in [-0.39, 0.29) is 18.3 Å². The molecule has 1 atom stereocenters. The first kappa shape index (κ1) is 20.3. The van der Waals surface area contributed by atoms with Crippen molar-refractivity contribution >= 4 is 28.4 Å². The topological polar surface area (TPSA) is 85.8 Å². The largest absolute Gasteiger partial charge is 0.416 e. The SMILES string of the molecule is Nc1nc2ccc(C(=O)N3CCOC[C@@H]3c3ccc(C(F)(F)F)cc3)cc2n2ccnc12. The number of nitrogens with two attached hydrogens (primary N) is 1. The molecule has 0 saturated carbocycles. The number of halogens is 3. The molecule has 2 N–H and O–H groups in total. The second-order valence-electron chi connectivity index (χ2n) is 7.53. The lowest BCUT2D eigenvalue weighted by atomic mass is 10.0. The Bertz CT molecular complexity index is 1320. The van der Waals surface area contributed by atoms with Crippen molar-refractivity contribution in [3.8, 4) is 0 Å². The van der Waals surface area contributed by atoms with Crippen molar-refractivity contribution in [2.45, 2.75) is 12.2 Å². The van der Waals surface area contributed by atoms with E-state index in [0.717, 1.165) is 12.1 Å². The number of ether oxygens (including phenoxy) is 1. The smallest absolute Gasteiger partial charge is 0.381 e. The first-order chi connectivity index (χ1) is 15.3. The lowest BCUT2D eigenvalue weighted by molar-refractivity contribution is -0.137. The van der Waals surface area contributed by atoms with Crippen LogP contribution in [-0.4, -0.2) is 44.9 Å². The van der Waals surface area contributed by atoms with Gasteiger partial charge in [-0.1, -0.05) is 12.1 Å². The summed E-state index contributed by atoms with van der Waals surface area (Å²) in [6.45, 7) is 0.873. The fraction of sp³-hybridized carbons (Fsp3) is 0.227. The van der Waals surface area contributed by atoms with Gasteiger partial charge >= 0.3 is 6.18 Å². The van der Waals surface area contributed by atoms with E-state index in [1.165, 1.54) is 12.1 Å². The molecule has 32 heavy (non-hydrogen) atoms. The molecule has 164 valence electrons. The summed E-state index contributed by atoms with van der Waals surface area (Å²) < 4.78 is 46.1. The lowest BCUT2D eigenvalue weighted by Crippen LogP contribution is -2.43. The third-order valence-electron chi connectivity index (χ3n) is 5.60. The highest BCUT2D eigenvalue weighted by Gasteiger charge is 2.33. The van der Waals surface area contributed by atoms with Crippen LogP contribution in [0.2, 0.25) is 0 Å². The van der Waals surface area contributed by atoms with E-state index in [0.29, 0.717) is 41.0 Å². The van der Waals surface area contributed by atoms with Gasteiger partial charge in [0.2, 0.25) is 0 Å². The number of alkyl halides is 3. The molecule has 7 nitrogen and oxygen atoms in total. The van der Waals surface area contributed by atoms with Crippen LogP contribution >= 0.6 is 0 Å². The summed E-state index contributed by atoms with van der Waals surface area (Å²) in [5.74, 6) is 0.0438. The Hall–Kier alpha value is -3.66. The van der Waals surface area contributed by atoms with E-state index in [1.807, 2.05) is 0 Å². The van der Waals surface area contributed by atoms with Crippen LogP contribution in [0.1, 0.15) is 27.5 Å². The molecule has 10 heteroatoms. The van der Waals surface area contributed by atoms with Crippen LogP contribution in [0, 0.1) is 0 Å². The van der Waals surface area contributed by atoms with E-state index >= 15 is 0 Å². The summed E-state index contributed by atoms with van der Waals surface area (Å²) in [5.41, 5.74) is 8.01. The summed E-state index contributed by atoms with van der Waals surface area (Å²) in [6.07, 6.45) is -1.08. The molecule has 0 aliphatic carbocycles. The number of hydrogen-bond donors (Lipinski definition) is 1. The normalized spacial score (nSPS) is 17.2. The molecule has 5 rings (SSSR count). The van der Waals surface area contributed by atoms with Gasteiger partial charge in [0.05, 0.1) is 35.9 Å². The number of nitrogens with zero attached hydrogens (tertiary/aromatic N) is 4. The molecular formula is C22H18F3N5O2. The molecule has 1 aliphatic heterocycles. The molecule has 2 aromatic heterocycles. The Balaban J connectivity index is 1.50. The number of aromatic nitrogens is 3. The van der Waals surface area contributed by atoms with Crippen molar-refractivity contribution in [2.24, 2.45) is 0 Å². The first-order valence-corrected chi connectivity index (χ1v) is 9.91. The first-order valence-electron chi connectivity index (χ1n) is 9.91. The molecule has 0 radical (unpaired) electrons. The number of carbonyl (C=O) groups is 1. The molecular weight excluding hydrogens is 423 g/mol. The lowest BCUT2D eigenvalue weighted by Gasteiger charge is -2.36. The number of fused-ring (bicyclic) bond motifs is 3. The number of nitrogen functional groups attached to an aromatic ring is 1. The highest BCUT2D eigenvalue weighted by Crippen LogP contribution is 2.32. The van der Waals surface area contributed by atoms with Crippen molar-refractivity contribution in [2.75, 3.05) is 25.5 Å². The van der Waals surface area contributed by atoms with Gasteiger partial charge in [-0.25, -0.2) is 9.97 Å². The number of carbonyl (C=O) groups excluding carboxylic acids is 1. The molecule has 1 fully saturated rings. The number of amides is 1. The molecule has 4 aromatic rings. The number of imidazole rings is 1. The summed E-state index contributed by atoms with van der Waals surface area (Å²) in [4.78, 5) is 23.6. The summed E-state index contributed by atoms with van der Waals surface area (Å²) in [6, 6.07) is 9.44. The number of rotatable bonds is 2. The molecule has 2 aromatic carbocycles. The molecule has 0 spiro atoms. The van der Waals surface area contributed by atoms with Gasteiger partial charge in [-0.15, -0.1) is 0 Å². The fourth-order valence-corrected chi connectivity index (χ4v) is 3.99. The average Bonchev–Trinajstić information content (AvgIpc) is 3.29. The van der Waals surface area contributed by atoms with Crippen LogP contribution in [-0.2, 0) is 10.9 Å². The number of morpholine rings is 1. The van der Waals surface area contributed by atoms with E-state index in [9.17, 15) is 18.0 Å². The van der Waals surface area contributed by atoms with Gasteiger partial charge in [-0.3, -0.25) is 9.20 Å². The molecule has 0 unspecified atom stereocenters. The van der Waals surface area contributed by atoms with Gasteiger partial charge < -0.3 is 15.4 Å². The highest BCUT2D eigenvalue weighted by molar-refractivity contribution is 5.98. The zero-order valence-corrected chi connectivity index (χ0v) is 16.7. The van der Waals surface area contributed by atoms with Crippen molar-refractivity contribution < 1.29 is 22.7 Å². The standard InChI is InChI=1S/C22H18F3N5O2/c23-22(24,25)15-4-1-13(2-5-15)18-12-32-10-9-30(18)21(31)14-3-6-16-17(11-14)29-8-7-27-20(29)19(26)28-16/h1-8,11,18H,9-10,12H2,(H2,26,28)/t18-/m1/s1. The third kappa shape index (κ3) is 3.42. The van der Waals surface area contributed by atoms with Gasteiger partial charge in [0.15, 0.2) is 11.5 Å². The van der Waals surface area contributed by atoms with Gasteiger partial charge in [-0.2, -0.15) is 13.2 Å². The molecule has 1 aliphatic rings.